The molecule has 0 bridgehead atoms. The minimum Gasteiger partial charge on any atom is -0.463 e. The van der Waals surface area contributed by atoms with Crippen molar-refractivity contribution in [2.24, 2.45) is 0 Å². The maximum Gasteiger partial charge on any atom is 0.267 e. The maximum absolute atomic E-state index is 12.1. The van der Waals surface area contributed by atoms with Crippen LogP contribution in [0.25, 0.3) is 11.5 Å². The van der Waals surface area contributed by atoms with Crippen molar-refractivity contribution in [2.75, 3.05) is 5.32 Å². The molecule has 3 rings (SSSR count). The predicted octanol–water partition coefficient (Wildman–Crippen LogP) is 2.01. The van der Waals surface area contributed by atoms with Gasteiger partial charge in [0, 0.05) is 11.8 Å². The van der Waals surface area contributed by atoms with Crippen molar-refractivity contribution in [3.05, 3.63) is 70.7 Å². The number of anilines is 1. The normalized spacial score (nSPS) is 10.1. The average Bonchev–Trinajstić information content (AvgIpc) is 3.12. The van der Waals surface area contributed by atoms with Gasteiger partial charge < -0.3 is 9.73 Å². The van der Waals surface area contributed by atoms with Crippen molar-refractivity contribution in [1.29, 1.82) is 5.26 Å². The van der Waals surface area contributed by atoms with E-state index in [1.165, 1.54) is 18.4 Å². The Hall–Kier alpha value is -3.66. The fraction of sp³-hybridized carbons (Fsp3) is 0.0588. The van der Waals surface area contributed by atoms with Crippen molar-refractivity contribution in [2.45, 2.75) is 6.54 Å². The van der Waals surface area contributed by atoms with E-state index in [1.54, 1.807) is 36.4 Å². The van der Waals surface area contributed by atoms with Crippen LogP contribution in [-0.2, 0) is 11.3 Å². The molecule has 3 aromatic rings. The van der Waals surface area contributed by atoms with Gasteiger partial charge in [0.15, 0.2) is 5.76 Å². The smallest absolute Gasteiger partial charge is 0.267 e. The predicted molar refractivity (Wildman–Crippen MR) is 86.0 cm³/mol. The summed E-state index contributed by atoms with van der Waals surface area (Å²) < 4.78 is 6.30. The van der Waals surface area contributed by atoms with Crippen molar-refractivity contribution in [3.63, 3.8) is 0 Å². The molecule has 0 spiro atoms. The number of carbonyl (C=O) groups is 1. The molecule has 0 radical (unpaired) electrons. The fourth-order valence-electron chi connectivity index (χ4n) is 2.08. The largest absolute Gasteiger partial charge is 0.463 e. The van der Waals surface area contributed by atoms with E-state index in [9.17, 15) is 9.59 Å². The molecule has 7 nitrogen and oxygen atoms in total. The molecule has 0 saturated carbocycles. The Labute approximate surface area is 136 Å². The number of benzene rings is 1. The topological polar surface area (TPSA) is 101 Å². The van der Waals surface area contributed by atoms with Crippen molar-refractivity contribution >= 4 is 11.6 Å². The zero-order chi connectivity index (χ0) is 16.9. The van der Waals surface area contributed by atoms with Gasteiger partial charge in [0.05, 0.1) is 17.9 Å². The third-order valence-electron chi connectivity index (χ3n) is 3.23. The molecule has 1 aromatic carbocycles. The molecular formula is C17H12N4O3. The van der Waals surface area contributed by atoms with Gasteiger partial charge in [-0.2, -0.15) is 10.4 Å². The van der Waals surface area contributed by atoms with E-state index in [-0.39, 0.29) is 12.1 Å². The van der Waals surface area contributed by atoms with Gasteiger partial charge >= 0.3 is 0 Å². The molecule has 2 heterocycles. The van der Waals surface area contributed by atoms with E-state index in [0.717, 1.165) is 4.68 Å². The highest BCUT2D eigenvalue weighted by molar-refractivity contribution is 5.90. The van der Waals surface area contributed by atoms with Gasteiger partial charge in [-0.1, -0.05) is 0 Å². The highest BCUT2D eigenvalue weighted by atomic mass is 16.3. The van der Waals surface area contributed by atoms with Crippen LogP contribution in [0.1, 0.15) is 5.56 Å². The molecule has 0 aliphatic heterocycles. The van der Waals surface area contributed by atoms with Crippen LogP contribution in [0.5, 0.6) is 0 Å². The Bertz CT molecular complexity index is 951. The van der Waals surface area contributed by atoms with Gasteiger partial charge in [0.1, 0.15) is 12.2 Å². The fourth-order valence-corrected chi connectivity index (χ4v) is 2.08. The lowest BCUT2D eigenvalue weighted by Gasteiger charge is -2.07. The molecule has 0 aliphatic carbocycles. The third kappa shape index (κ3) is 3.39. The Morgan fingerprint density at radius 3 is 2.67 bits per heavy atom. The lowest BCUT2D eigenvalue weighted by Crippen LogP contribution is -2.29. The number of nitrogens with one attached hydrogen (secondary N) is 1. The number of nitriles is 1. The van der Waals surface area contributed by atoms with Crippen LogP contribution in [0.3, 0.4) is 0 Å². The zero-order valence-corrected chi connectivity index (χ0v) is 12.5. The molecule has 1 amide bonds. The van der Waals surface area contributed by atoms with Gasteiger partial charge in [-0.05, 0) is 42.5 Å². The first kappa shape index (κ1) is 15.2. The Morgan fingerprint density at radius 1 is 1.21 bits per heavy atom. The number of carbonyl (C=O) groups excluding carboxylic acids is 1. The second-order valence-corrected chi connectivity index (χ2v) is 4.93. The number of amides is 1. The molecule has 0 saturated heterocycles. The lowest BCUT2D eigenvalue weighted by atomic mass is 10.2. The average molecular weight is 320 g/mol. The first-order valence-electron chi connectivity index (χ1n) is 7.08. The van der Waals surface area contributed by atoms with Crippen LogP contribution in [0.4, 0.5) is 5.69 Å². The van der Waals surface area contributed by atoms with Crippen LogP contribution in [0.2, 0.25) is 0 Å². The van der Waals surface area contributed by atoms with Gasteiger partial charge in [-0.3, -0.25) is 9.59 Å². The van der Waals surface area contributed by atoms with E-state index in [4.69, 9.17) is 9.68 Å². The summed E-state index contributed by atoms with van der Waals surface area (Å²) in [7, 11) is 0. The Kier molecular flexibility index (Phi) is 4.21. The Morgan fingerprint density at radius 2 is 2.00 bits per heavy atom. The van der Waals surface area contributed by atoms with E-state index >= 15 is 0 Å². The first-order chi connectivity index (χ1) is 11.7. The standard InChI is InChI=1S/C17H12N4O3/c18-10-12-3-5-13(6-4-12)19-16(22)11-21-17(23)8-7-14(20-21)15-2-1-9-24-15/h1-9H,11H2,(H,19,22). The summed E-state index contributed by atoms with van der Waals surface area (Å²) in [5.74, 6) is 0.113. The number of nitrogens with zero attached hydrogens (tertiary/aromatic N) is 3. The highest BCUT2D eigenvalue weighted by Crippen LogP contribution is 2.15. The summed E-state index contributed by atoms with van der Waals surface area (Å²) in [6.45, 7) is -0.229. The van der Waals surface area contributed by atoms with Crippen molar-refractivity contribution < 1.29 is 9.21 Å². The Balaban J connectivity index is 1.75. The minimum atomic E-state index is -0.397. The van der Waals surface area contributed by atoms with Gasteiger partial charge in [-0.25, -0.2) is 4.68 Å². The molecule has 118 valence electrons. The molecule has 7 heteroatoms. The zero-order valence-electron chi connectivity index (χ0n) is 12.5. The third-order valence-corrected chi connectivity index (χ3v) is 3.23. The second kappa shape index (κ2) is 6.62. The van der Waals surface area contributed by atoms with Gasteiger partial charge in [0.25, 0.3) is 5.56 Å². The molecule has 2 aromatic heterocycles. The molecule has 0 fully saturated rings. The summed E-state index contributed by atoms with van der Waals surface area (Å²) in [5, 5.41) is 15.5. The van der Waals surface area contributed by atoms with Crippen molar-refractivity contribution in [3.8, 4) is 17.5 Å². The van der Waals surface area contributed by atoms with Crippen molar-refractivity contribution in [1.82, 2.24) is 9.78 Å². The molecule has 1 N–H and O–H groups in total. The van der Waals surface area contributed by atoms with E-state index in [1.807, 2.05) is 6.07 Å². The molecule has 0 aliphatic rings. The molecule has 0 unspecified atom stereocenters. The van der Waals surface area contributed by atoms with Crippen LogP contribution >= 0.6 is 0 Å². The van der Waals surface area contributed by atoms with Crippen LogP contribution in [-0.4, -0.2) is 15.7 Å². The SMILES string of the molecule is N#Cc1ccc(NC(=O)Cn2nc(-c3ccco3)ccc2=O)cc1. The summed E-state index contributed by atoms with van der Waals surface area (Å²) in [4.78, 5) is 24.0. The number of furan rings is 1. The van der Waals surface area contributed by atoms with Crippen LogP contribution in [0.15, 0.2) is 64.0 Å². The quantitative estimate of drug-likeness (QED) is 0.792. The monoisotopic (exact) mass is 320 g/mol. The van der Waals surface area contributed by atoms with E-state index < -0.39 is 5.91 Å². The van der Waals surface area contributed by atoms with E-state index in [2.05, 4.69) is 10.4 Å². The second-order valence-electron chi connectivity index (χ2n) is 4.93. The number of hydrogen-bond donors (Lipinski definition) is 1. The van der Waals surface area contributed by atoms with Crippen LogP contribution in [0, 0.1) is 11.3 Å². The van der Waals surface area contributed by atoms with Crippen LogP contribution < -0.4 is 10.9 Å². The lowest BCUT2D eigenvalue weighted by molar-refractivity contribution is -0.117. The first-order valence-corrected chi connectivity index (χ1v) is 7.08. The van der Waals surface area contributed by atoms with Gasteiger partial charge in [-0.15, -0.1) is 0 Å². The van der Waals surface area contributed by atoms with Gasteiger partial charge in [0.2, 0.25) is 5.91 Å². The molecule has 0 atom stereocenters. The minimum absolute atomic E-state index is 0.229. The van der Waals surface area contributed by atoms with E-state index in [0.29, 0.717) is 22.7 Å². The summed E-state index contributed by atoms with van der Waals surface area (Å²) in [5.41, 5.74) is 1.11. The molecular weight excluding hydrogens is 308 g/mol. The molecule has 24 heavy (non-hydrogen) atoms. The highest BCUT2D eigenvalue weighted by Gasteiger charge is 2.09. The number of hydrogen-bond acceptors (Lipinski definition) is 5. The number of rotatable bonds is 4. The number of aromatic nitrogens is 2. The summed E-state index contributed by atoms with van der Waals surface area (Å²) >= 11 is 0. The summed E-state index contributed by atoms with van der Waals surface area (Å²) in [6, 6.07) is 14.7. The summed E-state index contributed by atoms with van der Waals surface area (Å²) in [6.07, 6.45) is 1.50. The maximum atomic E-state index is 12.1.